The van der Waals surface area contributed by atoms with Crippen LogP contribution in [0.25, 0.3) is 0 Å². The van der Waals surface area contributed by atoms with Crippen LogP contribution in [0.2, 0.25) is 5.02 Å². The van der Waals surface area contributed by atoms with Crippen molar-refractivity contribution in [2.24, 2.45) is 0 Å². The molecule has 146 valence electrons. The Morgan fingerprint density at radius 2 is 1.86 bits per heavy atom. The SMILES string of the molecule is COC(=O)c1ccc(OCC(=O)NNC(=O)c2ccccc2Cl)c([N+](=O)[O-])c1. The molecule has 11 heteroatoms. The monoisotopic (exact) mass is 407 g/mol. The van der Waals surface area contributed by atoms with Crippen molar-refractivity contribution in [3.63, 3.8) is 0 Å². The topological polar surface area (TPSA) is 137 Å². The van der Waals surface area contributed by atoms with Gasteiger partial charge in [-0.15, -0.1) is 0 Å². The summed E-state index contributed by atoms with van der Waals surface area (Å²) in [5, 5.41) is 11.3. The van der Waals surface area contributed by atoms with Crippen LogP contribution in [-0.4, -0.2) is 36.4 Å². The molecule has 0 saturated carbocycles. The highest BCUT2D eigenvalue weighted by atomic mass is 35.5. The highest BCUT2D eigenvalue weighted by Crippen LogP contribution is 2.28. The van der Waals surface area contributed by atoms with Gasteiger partial charge in [0.2, 0.25) is 0 Å². The number of rotatable bonds is 6. The summed E-state index contributed by atoms with van der Waals surface area (Å²) in [6.45, 7) is -0.624. The fourth-order valence-electron chi connectivity index (χ4n) is 2.05. The van der Waals surface area contributed by atoms with Gasteiger partial charge in [-0.2, -0.15) is 0 Å². The molecule has 0 unspecified atom stereocenters. The number of carbonyl (C=O) groups is 3. The quantitative estimate of drug-likeness (QED) is 0.423. The Labute approximate surface area is 163 Å². The molecule has 2 aromatic rings. The van der Waals surface area contributed by atoms with Gasteiger partial charge in [0.15, 0.2) is 12.4 Å². The number of hydrogen-bond acceptors (Lipinski definition) is 7. The van der Waals surface area contributed by atoms with E-state index in [1.54, 1.807) is 12.1 Å². The van der Waals surface area contributed by atoms with E-state index in [0.717, 1.165) is 13.2 Å². The van der Waals surface area contributed by atoms with Gasteiger partial charge in [0.05, 0.1) is 28.2 Å². The Bertz CT molecular complexity index is 933. The first kappa shape index (κ1) is 20.6. The number of nitrogens with one attached hydrogen (secondary N) is 2. The lowest BCUT2D eigenvalue weighted by Crippen LogP contribution is -2.43. The number of hydrogen-bond donors (Lipinski definition) is 2. The van der Waals surface area contributed by atoms with Crippen LogP contribution in [0.3, 0.4) is 0 Å². The van der Waals surface area contributed by atoms with E-state index in [2.05, 4.69) is 15.6 Å². The van der Waals surface area contributed by atoms with Crippen LogP contribution >= 0.6 is 11.6 Å². The highest BCUT2D eigenvalue weighted by molar-refractivity contribution is 6.33. The molecule has 28 heavy (non-hydrogen) atoms. The molecule has 0 aliphatic rings. The number of ether oxygens (including phenoxy) is 2. The molecular weight excluding hydrogens is 394 g/mol. The number of nitro benzene ring substituents is 1. The summed E-state index contributed by atoms with van der Waals surface area (Å²) in [4.78, 5) is 45.6. The number of amides is 2. The summed E-state index contributed by atoms with van der Waals surface area (Å²) in [5.41, 5.74) is 3.84. The molecule has 10 nitrogen and oxygen atoms in total. The van der Waals surface area contributed by atoms with Gasteiger partial charge in [0.25, 0.3) is 11.8 Å². The van der Waals surface area contributed by atoms with Crippen LogP contribution in [-0.2, 0) is 9.53 Å². The molecule has 0 aromatic heterocycles. The summed E-state index contributed by atoms with van der Waals surface area (Å²) in [7, 11) is 1.14. The third-order valence-electron chi connectivity index (χ3n) is 3.37. The molecule has 0 aliphatic heterocycles. The number of carbonyl (C=O) groups excluding carboxylic acids is 3. The second-order valence-electron chi connectivity index (χ2n) is 5.20. The van der Waals surface area contributed by atoms with Gasteiger partial charge in [-0.3, -0.25) is 30.6 Å². The van der Waals surface area contributed by atoms with Crippen LogP contribution < -0.4 is 15.6 Å². The molecule has 0 saturated heterocycles. The second-order valence-corrected chi connectivity index (χ2v) is 5.61. The molecule has 2 amide bonds. The van der Waals surface area contributed by atoms with E-state index >= 15 is 0 Å². The average Bonchev–Trinajstić information content (AvgIpc) is 2.69. The molecule has 0 aliphatic carbocycles. The Morgan fingerprint density at radius 1 is 1.14 bits per heavy atom. The van der Waals surface area contributed by atoms with Crippen molar-refractivity contribution in [1.82, 2.24) is 10.9 Å². The summed E-state index contributed by atoms with van der Waals surface area (Å²) >= 11 is 5.87. The first-order chi connectivity index (χ1) is 13.3. The van der Waals surface area contributed by atoms with Gasteiger partial charge >= 0.3 is 11.7 Å². The van der Waals surface area contributed by atoms with Gasteiger partial charge in [0, 0.05) is 6.07 Å². The van der Waals surface area contributed by atoms with Crippen molar-refractivity contribution < 1.29 is 28.8 Å². The molecular formula is C17H14ClN3O7. The standard InChI is InChI=1S/C17H14ClN3O7/c1-27-17(24)10-6-7-14(13(8-10)21(25)26)28-9-15(22)19-20-16(23)11-4-2-3-5-12(11)18/h2-8H,9H2,1H3,(H,19,22)(H,20,23). The van der Waals surface area contributed by atoms with E-state index in [1.165, 1.54) is 24.3 Å². The fraction of sp³-hybridized carbons (Fsp3) is 0.118. The van der Waals surface area contributed by atoms with E-state index < -0.39 is 35.0 Å². The summed E-state index contributed by atoms with van der Waals surface area (Å²) in [6, 6.07) is 9.61. The highest BCUT2D eigenvalue weighted by Gasteiger charge is 2.20. The van der Waals surface area contributed by atoms with E-state index in [4.69, 9.17) is 16.3 Å². The van der Waals surface area contributed by atoms with E-state index in [0.29, 0.717) is 0 Å². The lowest BCUT2D eigenvalue weighted by atomic mass is 10.2. The largest absolute Gasteiger partial charge is 0.477 e. The molecule has 0 heterocycles. The Balaban J connectivity index is 1.97. The second kappa shape index (κ2) is 9.33. The van der Waals surface area contributed by atoms with Crippen LogP contribution in [0, 0.1) is 10.1 Å². The molecule has 2 N–H and O–H groups in total. The Morgan fingerprint density at radius 3 is 2.50 bits per heavy atom. The van der Waals surface area contributed by atoms with Crippen LogP contribution in [0.1, 0.15) is 20.7 Å². The molecule has 0 bridgehead atoms. The van der Waals surface area contributed by atoms with E-state index in [9.17, 15) is 24.5 Å². The molecule has 0 radical (unpaired) electrons. The van der Waals surface area contributed by atoms with Crippen LogP contribution in [0.15, 0.2) is 42.5 Å². The van der Waals surface area contributed by atoms with E-state index in [-0.39, 0.29) is 21.9 Å². The van der Waals surface area contributed by atoms with Crippen LogP contribution in [0.5, 0.6) is 5.75 Å². The number of nitrogens with zero attached hydrogens (tertiary/aromatic N) is 1. The maximum Gasteiger partial charge on any atom is 0.338 e. The average molecular weight is 408 g/mol. The number of halogens is 1. The summed E-state index contributed by atoms with van der Waals surface area (Å²) < 4.78 is 9.60. The lowest BCUT2D eigenvalue weighted by molar-refractivity contribution is -0.385. The van der Waals surface area contributed by atoms with Crippen molar-refractivity contribution in [3.8, 4) is 5.75 Å². The van der Waals surface area contributed by atoms with Crippen molar-refractivity contribution in [3.05, 3.63) is 68.7 Å². The summed E-state index contributed by atoms with van der Waals surface area (Å²) in [6.07, 6.45) is 0. The summed E-state index contributed by atoms with van der Waals surface area (Å²) in [5.74, 6) is -2.40. The third kappa shape index (κ3) is 5.17. The fourth-order valence-corrected chi connectivity index (χ4v) is 2.27. The van der Waals surface area contributed by atoms with E-state index in [1.807, 2.05) is 0 Å². The first-order valence-electron chi connectivity index (χ1n) is 7.66. The number of hydrazine groups is 1. The smallest absolute Gasteiger partial charge is 0.338 e. The molecule has 0 atom stereocenters. The van der Waals surface area contributed by atoms with Crippen molar-refractivity contribution in [2.75, 3.05) is 13.7 Å². The number of methoxy groups -OCH3 is 1. The zero-order valence-corrected chi connectivity index (χ0v) is 15.2. The molecule has 0 fully saturated rings. The normalized spacial score (nSPS) is 9.93. The number of esters is 1. The minimum atomic E-state index is -0.772. The van der Waals surface area contributed by atoms with Crippen molar-refractivity contribution in [2.45, 2.75) is 0 Å². The Kier molecular flexibility index (Phi) is 6.88. The van der Waals surface area contributed by atoms with Crippen molar-refractivity contribution in [1.29, 1.82) is 0 Å². The van der Waals surface area contributed by atoms with Gasteiger partial charge in [-0.05, 0) is 24.3 Å². The zero-order chi connectivity index (χ0) is 20.7. The lowest BCUT2D eigenvalue weighted by Gasteiger charge is -2.10. The minimum Gasteiger partial charge on any atom is -0.477 e. The molecule has 0 spiro atoms. The van der Waals surface area contributed by atoms with Gasteiger partial charge < -0.3 is 9.47 Å². The van der Waals surface area contributed by atoms with Gasteiger partial charge in [0.1, 0.15) is 0 Å². The van der Waals surface area contributed by atoms with Crippen LogP contribution in [0.4, 0.5) is 5.69 Å². The number of nitro groups is 1. The predicted octanol–water partition coefficient (Wildman–Crippen LogP) is 1.87. The van der Waals surface area contributed by atoms with Crippen molar-refractivity contribution >= 4 is 35.1 Å². The zero-order valence-electron chi connectivity index (χ0n) is 14.4. The third-order valence-corrected chi connectivity index (χ3v) is 3.70. The predicted molar refractivity (Wildman–Crippen MR) is 97.0 cm³/mol. The Hall–Kier alpha value is -3.66. The van der Waals surface area contributed by atoms with Gasteiger partial charge in [-0.25, -0.2) is 4.79 Å². The molecule has 2 rings (SSSR count). The minimum absolute atomic E-state index is 0.0435. The number of benzene rings is 2. The molecule has 2 aromatic carbocycles. The first-order valence-corrected chi connectivity index (χ1v) is 8.04. The van der Waals surface area contributed by atoms with Gasteiger partial charge in [-0.1, -0.05) is 23.7 Å². The maximum absolute atomic E-state index is 11.9. The maximum atomic E-state index is 11.9.